The highest BCUT2D eigenvalue weighted by Gasteiger charge is 2.44. The molecule has 0 aromatic heterocycles. The minimum atomic E-state index is -3.00. The van der Waals surface area contributed by atoms with Crippen LogP contribution in [-0.4, -0.2) is 50.1 Å². The Balaban J connectivity index is 0.00000225. The first-order valence-corrected chi connectivity index (χ1v) is 10.2. The lowest BCUT2D eigenvalue weighted by Gasteiger charge is -2.43. The molecule has 140 valence electrons. The molecule has 8 heteroatoms. The zero-order chi connectivity index (χ0) is 17.2. The van der Waals surface area contributed by atoms with Gasteiger partial charge in [0, 0.05) is 12.5 Å². The molecule has 3 N–H and O–H groups in total. The van der Waals surface area contributed by atoms with Crippen molar-refractivity contribution in [2.24, 2.45) is 5.92 Å². The van der Waals surface area contributed by atoms with Crippen LogP contribution in [0.25, 0.3) is 0 Å². The van der Waals surface area contributed by atoms with Gasteiger partial charge < -0.3 is 15.7 Å². The summed E-state index contributed by atoms with van der Waals surface area (Å²) in [5, 5.41) is 16.8. The maximum absolute atomic E-state index is 12.8. The third-order valence-corrected chi connectivity index (χ3v) is 6.88. The molecule has 1 amide bonds. The second-order valence-corrected chi connectivity index (χ2v) is 9.03. The summed E-state index contributed by atoms with van der Waals surface area (Å²) in [7, 11) is -3.00. The van der Waals surface area contributed by atoms with E-state index in [9.17, 15) is 18.3 Å². The van der Waals surface area contributed by atoms with Gasteiger partial charge in [0.25, 0.3) is 0 Å². The van der Waals surface area contributed by atoms with Crippen molar-refractivity contribution in [3.8, 4) is 0 Å². The Labute approximate surface area is 154 Å². The zero-order valence-electron chi connectivity index (χ0n) is 14.0. The molecule has 0 radical (unpaired) electrons. The lowest BCUT2D eigenvalue weighted by molar-refractivity contribution is -0.130. The van der Waals surface area contributed by atoms with E-state index >= 15 is 0 Å². The van der Waals surface area contributed by atoms with Crippen molar-refractivity contribution < 1.29 is 18.3 Å². The SMILES string of the molecule is Cl.O=C(N[C@]1(c2ccccc2)CCNC[C@H]1O)C1CCS(=O)(=O)CC1. The molecular weight excluding hydrogens is 364 g/mol. The number of hydrogen-bond acceptors (Lipinski definition) is 5. The van der Waals surface area contributed by atoms with Gasteiger partial charge in [0.15, 0.2) is 0 Å². The predicted octanol–water partition coefficient (Wildman–Crippen LogP) is 0.599. The Kier molecular flexibility index (Phi) is 6.48. The van der Waals surface area contributed by atoms with E-state index in [1.165, 1.54) is 0 Å². The number of sulfone groups is 1. The van der Waals surface area contributed by atoms with Crippen LogP contribution in [0.3, 0.4) is 0 Å². The van der Waals surface area contributed by atoms with Crippen LogP contribution in [-0.2, 0) is 20.2 Å². The molecule has 0 aliphatic carbocycles. The molecular formula is C17H25ClN2O4S. The van der Waals surface area contributed by atoms with Gasteiger partial charge in [0.1, 0.15) is 9.84 Å². The normalized spacial score (nSPS) is 29.4. The van der Waals surface area contributed by atoms with Gasteiger partial charge in [-0.1, -0.05) is 30.3 Å². The van der Waals surface area contributed by atoms with E-state index < -0.39 is 21.5 Å². The van der Waals surface area contributed by atoms with Crippen molar-refractivity contribution in [1.82, 2.24) is 10.6 Å². The molecule has 2 fully saturated rings. The lowest BCUT2D eigenvalue weighted by atomic mass is 9.78. The summed E-state index contributed by atoms with van der Waals surface area (Å²) in [5.74, 6) is -0.341. The third kappa shape index (κ3) is 4.34. The van der Waals surface area contributed by atoms with Crippen LogP contribution < -0.4 is 10.6 Å². The number of nitrogens with one attached hydrogen (secondary N) is 2. The van der Waals surface area contributed by atoms with Crippen LogP contribution in [0.2, 0.25) is 0 Å². The molecule has 2 aliphatic heterocycles. The second kappa shape index (κ2) is 8.03. The number of benzene rings is 1. The summed E-state index contributed by atoms with van der Waals surface area (Å²) >= 11 is 0. The number of aliphatic hydroxyl groups is 1. The van der Waals surface area contributed by atoms with Crippen LogP contribution in [0.5, 0.6) is 0 Å². The summed E-state index contributed by atoms with van der Waals surface area (Å²) < 4.78 is 23.1. The van der Waals surface area contributed by atoms with Crippen LogP contribution in [0.4, 0.5) is 0 Å². The van der Waals surface area contributed by atoms with Gasteiger partial charge in [-0.15, -0.1) is 12.4 Å². The number of hydrogen-bond donors (Lipinski definition) is 3. The molecule has 0 saturated carbocycles. The fraction of sp³-hybridized carbons (Fsp3) is 0.588. The largest absolute Gasteiger partial charge is 0.389 e. The molecule has 1 aromatic carbocycles. The first-order valence-electron chi connectivity index (χ1n) is 8.40. The molecule has 0 spiro atoms. The highest BCUT2D eigenvalue weighted by atomic mass is 35.5. The summed E-state index contributed by atoms with van der Waals surface area (Å²) in [6.45, 7) is 1.11. The molecule has 2 heterocycles. The van der Waals surface area contributed by atoms with Crippen molar-refractivity contribution in [2.75, 3.05) is 24.6 Å². The number of carbonyl (C=O) groups excluding carboxylic acids is 1. The molecule has 6 nitrogen and oxygen atoms in total. The summed E-state index contributed by atoms with van der Waals surface area (Å²) in [4.78, 5) is 12.8. The first-order chi connectivity index (χ1) is 11.4. The number of amides is 1. The van der Waals surface area contributed by atoms with Gasteiger partial charge in [-0.25, -0.2) is 8.42 Å². The van der Waals surface area contributed by atoms with E-state index in [4.69, 9.17) is 0 Å². The van der Waals surface area contributed by atoms with Crippen molar-refractivity contribution in [1.29, 1.82) is 0 Å². The molecule has 0 unspecified atom stereocenters. The quantitative estimate of drug-likeness (QED) is 0.704. The fourth-order valence-corrected chi connectivity index (χ4v) is 5.12. The number of halogens is 1. The molecule has 25 heavy (non-hydrogen) atoms. The molecule has 1 aromatic rings. The van der Waals surface area contributed by atoms with Gasteiger partial charge in [0.05, 0.1) is 23.1 Å². The monoisotopic (exact) mass is 388 g/mol. The van der Waals surface area contributed by atoms with E-state index in [-0.39, 0.29) is 35.7 Å². The van der Waals surface area contributed by atoms with Crippen LogP contribution >= 0.6 is 12.4 Å². The smallest absolute Gasteiger partial charge is 0.223 e. The van der Waals surface area contributed by atoms with Gasteiger partial charge in [-0.3, -0.25) is 4.79 Å². The number of carbonyl (C=O) groups is 1. The number of aliphatic hydroxyl groups excluding tert-OH is 1. The first kappa shape index (κ1) is 20.2. The van der Waals surface area contributed by atoms with Gasteiger partial charge in [-0.05, 0) is 31.4 Å². The number of piperidine rings is 1. The van der Waals surface area contributed by atoms with E-state index in [0.717, 1.165) is 5.56 Å². The minimum absolute atomic E-state index is 0. The Morgan fingerprint density at radius 3 is 2.44 bits per heavy atom. The molecule has 2 atom stereocenters. The minimum Gasteiger partial charge on any atom is -0.389 e. The molecule has 2 aliphatic rings. The standard InChI is InChI=1S/C17H24N2O4S.ClH/c20-15-12-18-9-8-17(15,14-4-2-1-3-5-14)19-16(21)13-6-10-24(22,23)11-7-13;/h1-5,13,15,18,20H,6-12H2,(H,19,21);1H/t15-,17+;/m1./s1. The van der Waals surface area contributed by atoms with Crippen LogP contribution in [0, 0.1) is 5.92 Å². The van der Waals surface area contributed by atoms with Gasteiger partial charge in [0.2, 0.25) is 5.91 Å². The highest BCUT2D eigenvalue weighted by Crippen LogP contribution is 2.32. The summed E-state index contributed by atoms with van der Waals surface area (Å²) in [5.41, 5.74) is 0.0655. The third-order valence-electron chi connectivity index (χ3n) is 5.16. The van der Waals surface area contributed by atoms with Crippen molar-refractivity contribution >= 4 is 28.2 Å². The van der Waals surface area contributed by atoms with Crippen molar-refractivity contribution in [3.05, 3.63) is 35.9 Å². The van der Waals surface area contributed by atoms with E-state index in [1.807, 2.05) is 30.3 Å². The molecule has 0 bridgehead atoms. The van der Waals surface area contributed by atoms with E-state index in [2.05, 4.69) is 10.6 Å². The van der Waals surface area contributed by atoms with Crippen molar-refractivity contribution in [3.63, 3.8) is 0 Å². The van der Waals surface area contributed by atoms with Gasteiger partial charge in [-0.2, -0.15) is 0 Å². The van der Waals surface area contributed by atoms with E-state index in [0.29, 0.717) is 32.4 Å². The zero-order valence-corrected chi connectivity index (χ0v) is 15.6. The Morgan fingerprint density at radius 2 is 1.84 bits per heavy atom. The van der Waals surface area contributed by atoms with E-state index in [1.54, 1.807) is 0 Å². The number of β-amino-alcohol motifs (C(OH)–C–C–N with tert-alkyl or cyclic N) is 1. The second-order valence-electron chi connectivity index (χ2n) is 6.72. The van der Waals surface area contributed by atoms with Gasteiger partial charge >= 0.3 is 0 Å². The average Bonchev–Trinajstić information content (AvgIpc) is 2.57. The lowest BCUT2D eigenvalue weighted by Crippen LogP contribution is -2.62. The average molecular weight is 389 g/mol. The summed E-state index contributed by atoms with van der Waals surface area (Å²) in [6, 6.07) is 9.52. The van der Waals surface area contributed by atoms with Crippen LogP contribution in [0.1, 0.15) is 24.8 Å². The van der Waals surface area contributed by atoms with Crippen molar-refractivity contribution in [2.45, 2.75) is 30.9 Å². The number of rotatable bonds is 3. The highest BCUT2D eigenvalue weighted by molar-refractivity contribution is 7.91. The fourth-order valence-electron chi connectivity index (χ4n) is 3.63. The summed E-state index contributed by atoms with van der Waals surface area (Å²) in [6.07, 6.45) is 0.570. The maximum atomic E-state index is 12.8. The molecule has 2 saturated heterocycles. The van der Waals surface area contributed by atoms with Crippen LogP contribution in [0.15, 0.2) is 30.3 Å². The maximum Gasteiger partial charge on any atom is 0.223 e. The topological polar surface area (TPSA) is 95.5 Å². The Hall–Kier alpha value is -1.15. The Bertz CT molecular complexity index is 684. The molecule has 3 rings (SSSR count). The Morgan fingerprint density at radius 1 is 1.20 bits per heavy atom. The predicted molar refractivity (Wildman–Crippen MR) is 98.4 cm³/mol.